The quantitative estimate of drug-likeness (QED) is 0.600. The number of ether oxygens (including phenoxy) is 1. The molecule has 1 heterocycles. The Balaban J connectivity index is 2.49. The smallest absolute Gasteiger partial charge is 0.119 e. The fraction of sp³-hybridized carbons (Fsp3) is 1.00. The second-order valence-electron chi connectivity index (χ2n) is 3.29. The third-order valence-corrected chi connectivity index (χ3v) is 2.54. The summed E-state index contributed by atoms with van der Waals surface area (Å²) in [6.07, 6.45) is -0.0696. The van der Waals surface area contributed by atoms with Gasteiger partial charge in [-0.05, 0) is 20.4 Å². The molecule has 1 aliphatic heterocycles. The van der Waals surface area contributed by atoms with Gasteiger partial charge in [-0.3, -0.25) is 4.90 Å². The van der Waals surface area contributed by atoms with E-state index in [4.69, 9.17) is 4.74 Å². The third kappa shape index (κ3) is 1.71. The highest BCUT2D eigenvalue weighted by Gasteiger charge is 2.36. The average molecular weight is 161 g/mol. The van der Waals surface area contributed by atoms with E-state index in [0.29, 0.717) is 19.1 Å². The van der Waals surface area contributed by atoms with Gasteiger partial charge in [-0.1, -0.05) is 0 Å². The number of rotatable bonds is 2. The molecule has 0 aromatic heterocycles. The Hall–Kier alpha value is -0.150. The van der Waals surface area contributed by atoms with Crippen molar-refractivity contribution in [2.75, 3.05) is 20.8 Å². The maximum absolute atomic E-state index is 13.2. The van der Waals surface area contributed by atoms with Crippen molar-refractivity contribution in [3.05, 3.63) is 0 Å². The lowest BCUT2D eigenvalue weighted by molar-refractivity contribution is 0.0896. The Bertz CT molecular complexity index is 131. The minimum atomic E-state index is -0.713. The molecule has 0 bridgehead atoms. The van der Waals surface area contributed by atoms with Gasteiger partial charge in [-0.2, -0.15) is 0 Å². The highest BCUT2D eigenvalue weighted by molar-refractivity contribution is 4.90. The summed E-state index contributed by atoms with van der Waals surface area (Å²) in [7, 11) is 3.57. The van der Waals surface area contributed by atoms with Crippen molar-refractivity contribution in [2.24, 2.45) is 0 Å². The molecule has 2 nitrogen and oxygen atoms in total. The summed E-state index contributed by atoms with van der Waals surface area (Å²) < 4.78 is 18.1. The average Bonchev–Trinajstić information content (AvgIpc) is 2.17. The van der Waals surface area contributed by atoms with Gasteiger partial charge in [-0.25, -0.2) is 4.39 Å². The van der Waals surface area contributed by atoms with Crippen LogP contribution in [-0.2, 0) is 4.74 Å². The summed E-state index contributed by atoms with van der Waals surface area (Å²) in [5.74, 6) is 0. The van der Waals surface area contributed by atoms with Crippen LogP contribution in [0.2, 0.25) is 0 Å². The minimum absolute atomic E-state index is 0.0324. The van der Waals surface area contributed by atoms with E-state index in [9.17, 15) is 4.39 Å². The molecule has 0 amide bonds. The monoisotopic (exact) mass is 161 g/mol. The lowest BCUT2D eigenvalue weighted by Gasteiger charge is -2.22. The molecule has 66 valence electrons. The van der Waals surface area contributed by atoms with Crippen molar-refractivity contribution in [2.45, 2.75) is 31.6 Å². The van der Waals surface area contributed by atoms with E-state index in [1.165, 1.54) is 0 Å². The van der Waals surface area contributed by atoms with E-state index in [1.807, 2.05) is 18.9 Å². The number of likely N-dealkylation sites (N-methyl/N-ethyl adjacent to an activating group) is 1. The Morgan fingerprint density at radius 2 is 2.27 bits per heavy atom. The molecule has 11 heavy (non-hydrogen) atoms. The highest BCUT2D eigenvalue weighted by Crippen LogP contribution is 2.24. The molecule has 0 unspecified atom stereocenters. The van der Waals surface area contributed by atoms with E-state index < -0.39 is 6.17 Å². The largest absolute Gasteiger partial charge is 0.383 e. The molecule has 1 fully saturated rings. The van der Waals surface area contributed by atoms with Crippen LogP contribution in [0.1, 0.15) is 13.3 Å². The van der Waals surface area contributed by atoms with Gasteiger partial charge < -0.3 is 4.74 Å². The van der Waals surface area contributed by atoms with Crippen molar-refractivity contribution in [1.29, 1.82) is 0 Å². The third-order valence-electron chi connectivity index (χ3n) is 2.54. The second-order valence-corrected chi connectivity index (χ2v) is 3.29. The van der Waals surface area contributed by atoms with Gasteiger partial charge in [0.15, 0.2) is 0 Å². The first-order valence-corrected chi connectivity index (χ1v) is 4.01. The molecule has 0 aromatic carbocycles. The zero-order valence-corrected chi connectivity index (χ0v) is 7.38. The van der Waals surface area contributed by atoms with Crippen LogP contribution in [0.15, 0.2) is 0 Å². The van der Waals surface area contributed by atoms with Crippen molar-refractivity contribution in [3.63, 3.8) is 0 Å². The van der Waals surface area contributed by atoms with Crippen LogP contribution in [0.5, 0.6) is 0 Å². The highest BCUT2D eigenvalue weighted by atomic mass is 19.1. The Kier molecular flexibility index (Phi) is 2.84. The first kappa shape index (κ1) is 8.94. The van der Waals surface area contributed by atoms with Gasteiger partial charge in [0, 0.05) is 13.2 Å². The number of halogens is 1. The van der Waals surface area contributed by atoms with E-state index in [-0.39, 0.29) is 6.04 Å². The summed E-state index contributed by atoms with van der Waals surface area (Å²) in [5.41, 5.74) is 0. The summed E-state index contributed by atoms with van der Waals surface area (Å²) in [6.45, 7) is 2.55. The minimum Gasteiger partial charge on any atom is -0.383 e. The topological polar surface area (TPSA) is 12.5 Å². The predicted octanol–water partition coefficient (Wildman–Crippen LogP) is 1.06. The number of likely N-dealkylation sites (tertiary alicyclic amines) is 1. The van der Waals surface area contributed by atoms with E-state index in [1.54, 1.807) is 7.11 Å². The number of alkyl halides is 1. The molecule has 3 heteroatoms. The first-order chi connectivity index (χ1) is 5.16. The van der Waals surface area contributed by atoms with Gasteiger partial charge in [0.25, 0.3) is 0 Å². The molecule has 0 spiro atoms. The molecule has 0 radical (unpaired) electrons. The maximum atomic E-state index is 13.2. The van der Waals surface area contributed by atoms with Crippen LogP contribution < -0.4 is 0 Å². The number of hydrogen-bond donors (Lipinski definition) is 0. The molecule has 0 saturated carbocycles. The normalized spacial score (nSPS) is 39.8. The van der Waals surface area contributed by atoms with Gasteiger partial charge in [-0.15, -0.1) is 0 Å². The van der Waals surface area contributed by atoms with Crippen LogP contribution in [0.4, 0.5) is 4.39 Å². The van der Waals surface area contributed by atoms with Crippen LogP contribution in [0.3, 0.4) is 0 Å². The molecule has 3 atom stereocenters. The standard InChI is InChI=1S/C8H16FNO/c1-6-4-7(9)8(5-11-3)10(6)2/h6-8H,4-5H2,1-3H3/t6-,7-,8-/m0/s1. The lowest BCUT2D eigenvalue weighted by Crippen LogP contribution is -2.36. The summed E-state index contributed by atoms with van der Waals surface area (Å²) in [4.78, 5) is 2.05. The zero-order chi connectivity index (χ0) is 8.43. The summed E-state index contributed by atoms with van der Waals surface area (Å²) >= 11 is 0. The predicted molar refractivity (Wildman–Crippen MR) is 42.4 cm³/mol. The van der Waals surface area contributed by atoms with Crippen molar-refractivity contribution < 1.29 is 9.13 Å². The van der Waals surface area contributed by atoms with Crippen molar-refractivity contribution in [1.82, 2.24) is 4.90 Å². The molecular weight excluding hydrogens is 145 g/mol. The van der Waals surface area contributed by atoms with Crippen LogP contribution in [0, 0.1) is 0 Å². The number of methoxy groups -OCH3 is 1. The molecular formula is C8H16FNO. The van der Waals surface area contributed by atoms with Crippen LogP contribution in [-0.4, -0.2) is 43.9 Å². The fourth-order valence-electron chi connectivity index (χ4n) is 1.62. The Labute approximate surface area is 67.3 Å². The molecule has 1 saturated heterocycles. The van der Waals surface area contributed by atoms with E-state index >= 15 is 0 Å². The zero-order valence-electron chi connectivity index (χ0n) is 7.38. The van der Waals surface area contributed by atoms with Crippen molar-refractivity contribution in [3.8, 4) is 0 Å². The fourth-order valence-corrected chi connectivity index (χ4v) is 1.62. The van der Waals surface area contributed by atoms with Crippen LogP contribution in [0.25, 0.3) is 0 Å². The summed E-state index contributed by atoms with van der Waals surface area (Å²) in [5, 5.41) is 0. The molecule has 1 aliphatic rings. The van der Waals surface area contributed by atoms with Gasteiger partial charge in [0.1, 0.15) is 6.17 Å². The van der Waals surface area contributed by atoms with Gasteiger partial charge >= 0.3 is 0 Å². The summed E-state index contributed by atoms with van der Waals surface area (Å²) in [6, 6.07) is 0.320. The molecule has 0 aromatic rings. The van der Waals surface area contributed by atoms with Crippen LogP contribution >= 0.6 is 0 Å². The molecule has 0 aliphatic carbocycles. The van der Waals surface area contributed by atoms with E-state index in [2.05, 4.69) is 0 Å². The molecule has 0 N–H and O–H groups in total. The first-order valence-electron chi connectivity index (χ1n) is 4.01. The van der Waals surface area contributed by atoms with Crippen molar-refractivity contribution >= 4 is 0 Å². The SMILES string of the molecule is COC[C@H]1[C@@H](F)C[C@H](C)N1C. The lowest BCUT2D eigenvalue weighted by atomic mass is 10.2. The van der Waals surface area contributed by atoms with Gasteiger partial charge in [0.05, 0.1) is 12.6 Å². The maximum Gasteiger partial charge on any atom is 0.119 e. The van der Waals surface area contributed by atoms with Gasteiger partial charge in [0.2, 0.25) is 0 Å². The number of hydrogen-bond acceptors (Lipinski definition) is 2. The second kappa shape index (κ2) is 3.50. The molecule has 1 rings (SSSR count). The Morgan fingerprint density at radius 3 is 2.64 bits per heavy atom. The number of nitrogens with zero attached hydrogens (tertiary/aromatic N) is 1. The van der Waals surface area contributed by atoms with E-state index in [0.717, 1.165) is 0 Å². The Morgan fingerprint density at radius 1 is 1.64 bits per heavy atom.